The van der Waals surface area contributed by atoms with Crippen LogP contribution in [0.1, 0.15) is 26.3 Å². The van der Waals surface area contributed by atoms with Gasteiger partial charge in [0, 0.05) is 19.6 Å². The van der Waals surface area contributed by atoms with E-state index in [1.165, 1.54) is 4.31 Å². The molecule has 1 aromatic rings. The molecule has 0 saturated heterocycles. The van der Waals surface area contributed by atoms with Gasteiger partial charge in [-0.1, -0.05) is 51.1 Å². The van der Waals surface area contributed by atoms with Gasteiger partial charge < -0.3 is 5.73 Å². The molecule has 2 N–H and O–H groups in total. The molecule has 20 heavy (non-hydrogen) atoms. The van der Waals surface area contributed by atoms with Crippen LogP contribution in [0, 0.1) is 5.41 Å². The van der Waals surface area contributed by atoms with Crippen molar-refractivity contribution in [1.82, 2.24) is 4.31 Å². The van der Waals surface area contributed by atoms with Gasteiger partial charge in [0.2, 0.25) is 10.0 Å². The highest BCUT2D eigenvalue weighted by Crippen LogP contribution is 2.20. The first-order valence-electron chi connectivity index (χ1n) is 6.46. The molecule has 0 bridgehead atoms. The Bertz CT molecular complexity index is 484. The second-order valence-electron chi connectivity index (χ2n) is 5.92. The SMILES string of the molecule is CC(C)(C)CS(=O)(=O)N(CCN)Cc1ccccc1.Cl. The summed E-state index contributed by atoms with van der Waals surface area (Å²) < 4.78 is 26.3. The summed E-state index contributed by atoms with van der Waals surface area (Å²) in [6.07, 6.45) is 0. The monoisotopic (exact) mass is 320 g/mol. The lowest BCUT2D eigenvalue weighted by molar-refractivity contribution is 0.389. The number of nitrogens with zero attached hydrogens (tertiary/aromatic N) is 1. The maximum Gasteiger partial charge on any atom is 0.214 e. The molecule has 0 radical (unpaired) electrons. The van der Waals surface area contributed by atoms with Gasteiger partial charge in [0.25, 0.3) is 0 Å². The molecule has 6 heteroatoms. The van der Waals surface area contributed by atoms with E-state index in [1.807, 2.05) is 51.1 Å². The van der Waals surface area contributed by atoms with E-state index in [-0.39, 0.29) is 23.6 Å². The Balaban J connectivity index is 0.00000361. The quantitative estimate of drug-likeness (QED) is 0.874. The Morgan fingerprint density at radius 1 is 1.15 bits per heavy atom. The van der Waals surface area contributed by atoms with Crippen LogP contribution in [0.3, 0.4) is 0 Å². The fraction of sp³-hybridized carbons (Fsp3) is 0.571. The third kappa shape index (κ3) is 6.70. The van der Waals surface area contributed by atoms with Crippen molar-refractivity contribution in [3.05, 3.63) is 35.9 Å². The maximum atomic E-state index is 12.4. The Kier molecular flexibility index (Phi) is 7.73. The minimum absolute atomic E-state index is 0. The van der Waals surface area contributed by atoms with Gasteiger partial charge in [0.05, 0.1) is 5.75 Å². The molecule has 0 unspecified atom stereocenters. The van der Waals surface area contributed by atoms with Crippen molar-refractivity contribution in [3.63, 3.8) is 0 Å². The third-order valence-electron chi connectivity index (χ3n) is 2.59. The Hall–Kier alpha value is -0.620. The van der Waals surface area contributed by atoms with Crippen molar-refractivity contribution in [2.24, 2.45) is 11.1 Å². The van der Waals surface area contributed by atoms with Crippen LogP contribution in [-0.4, -0.2) is 31.6 Å². The third-order valence-corrected chi connectivity index (χ3v) is 4.92. The highest BCUT2D eigenvalue weighted by Gasteiger charge is 2.27. The van der Waals surface area contributed by atoms with E-state index < -0.39 is 10.0 Å². The van der Waals surface area contributed by atoms with E-state index in [9.17, 15) is 8.42 Å². The molecule has 0 aliphatic rings. The number of hydrogen-bond acceptors (Lipinski definition) is 3. The zero-order valence-electron chi connectivity index (χ0n) is 12.4. The maximum absolute atomic E-state index is 12.4. The van der Waals surface area contributed by atoms with Crippen molar-refractivity contribution in [2.75, 3.05) is 18.8 Å². The number of halogens is 1. The van der Waals surface area contributed by atoms with Crippen LogP contribution in [-0.2, 0) is 16.6 Å². The van der Waals surface area contributed by atoms with Crippen molar-refractivity contribution in [3.8, 4) is 0 Å². The largest absolute Gasteiger partial charge is 0.329 e. The fourth-order valence-electron chi connectivity index (χ4n) is 1.89. The molecule has 0 fully saturated rings. The van der Waals surface area contributed by atoms with Crippen LogP contribution in [0.25, 0.3) is 0 Å². The summed E-state index contributed by atoms with van der Waals surface area (Å²) in [5, 5.41) is 0. The number of rotatable bonds is 6. The van der Waals surface area contributed by atoms with Crippen LogP contribution in [0.4, 0.5) is 0 Å². The summed E-state index contributed by atoms with van der Waals surface area (Å²) >= 11 is 0. The Morgan fingerprint density at radius 3 is 2.15 bits per heavy atom. The lowest BCUT2D eigenvalue weighted by Crippen LogP contribution is -2.39. The summed E-state index contributed by atoms with van der Waals surface area (Å²) in [6, 6.07) is 9.59. The molecule has 116 valence electrons. The van der Waals surface area contributed by atoms with Crippen molar-refractivity contribution >= 4 is 22.4 Å². The molecule has 0 aromatic heterocycles. The second kappa shape index (κ2) is 7.98. The predicted molar refractivity (Wildman–Crippen MR) is 86.4 cm³/mol. The van der Waals surface area contributed by atoms with Crippen LogP contribution >= 0.6 is 12.4 Å². The molecule has 0 heterocycles. The lowest BCUT2D eigenvalue weighted by atomic mass is 10.0. The van der Waals surface area contributed by atoms with E-state index in [1.54, 1.807) is 0 Å². The average Bonchev–Trinajstić information content (AvgIpc) is 2.26. The second-order valence-corrected chi connectivity index (χ2v) is 7.89. The van der Waals surface area contributed by atoms with E-state index in [0.717, 1.165) is 5.56 Å². The summed E-state index contributed by atoms with van der Waals surface area (Å²) in [7, 11) is -3.29. The molecule has 0 aliphatic carbocycles. The minimum Gasteiger partial charge on any atom is -0.329 e. The van der Waals surface area contributed by atoms with Crippen LogP contribution < -0.4 is 5.73 Å². The predicted octanol–water partition coefficient (Wildman–Crippen LogP) is 2.25. The summed E-state index contributed by atoms with van der Waals surface area (Å²) in [5.41, 5.74) is 6.26. The van der Waals surface area contributed by atoms with E-state index in [4.69, 9.17) is 5.73 Å². The van der Waals surface area contributed by atoms with Gasteiger partial charge >= 0.3 is 0 Å². The standard InChI is InChI=1S/C14H24N2O2S.ClH/c1-14(2,3)12-19(17,18)16(10-9-15)11-13-7-5-4-6-8-13;/h4-8H,9-12,15H2,1-3H3;1H. The van der Waals surface area contributed by atoms with E-state index >= 15 is 0 Å². The smallest absolute Gasteiger partial charge is 0.214 e. The average molecular weight is 321 g/mol. The molecular formula is C14H25ClN2O2S. The Morgan fingerprint density at radius 2 is 1.70 bits per heavy atom. The normalized spacial score (nSPS) is 12.2. The molecule has 4 nitrogen and oxygen atoms in total. The highest BCUT2D eigenvalue weighted by molar-refractivity contribution is 7.89. The van der Waals surface area contributed by atoms with Crippen molar-refractivity contribution < 1.29 is 8.42 Å². The lowest BCUT2D eigenvalue weighted by Gasteiger charge is -2.26. The molecular weight excluding hydrogens is 296 g/mol. The number of sulfonamides is 1. The van der Waals surface area contributed by atoms with Crippen LogP contribution in [0.2, 0.25) is 0 Å². The van der Waals surface area contributed by atoms with Gasteiger partial charge in [-0.15, -0.1) is 12.4 Å². The van der Waals surface area contributed by atoms with Crippen LogP contribution in [0.15, 0.2) is 30.3 Å². The minimum atomic E-state index is -3.29. The summed E-state index contributed by atoms with van der Waals surface area (Å²) in [4.78, 5) is 0. The zero-order valence-corrected chi connectivity index (χ0v) is 14.0. The van der Waals surface area contributed by atoms with Gasteiger partial charge in [-0.3, -0.25) is 0 Å². The molecule has 0 saturated carbocycles. The first kappa shape index (κ1) is 19.4. The van der Waals surface area contributed by atoms with Gasteiger partial charge in [0.15, 0.2) is 0 Å². The summed E-state index contributed by atoms with van der Waals surface area (Å²) in [5.74, 6) is 0.132. The van der Waals surface area contributed by atoms with Gasteiger partial charge in [0.1, 0.15) is 0 Å². The highest BCUT2D eigenvalue weighted by atomic mass is 35.5. The topological polar surface area (TPSA) is 63.4 Å². The number of nitrogens with two attached hydrogens (primary N) is 1. The van der Waals surface area contributed by atoms with Crippen LogP contribution in [0.5, 0.6) is 0 Å². The van der Waals surface area contributed by atoms with Gasteiger partial charge in [-0.2, -0.15) is 4.31 Å². The molecule has 0 aliphatic heterocycles. The fourth-order valence-corrected chi connectivity index (χ4v) is 3.89. The number of hydrogen-bond donors (Lipinski definition) is 1. The molecule has 0 spiro atoms. The first-order valence-corrected chi connectivity index (χ1v) is 8.07. The molecule has 0 atom stereocenters. The van der Waals surface area contributed by atoms with E-state index in [2.05, 4.69) is 0 Å². The van der Waals surface area contributed by atoms with Gasteiger partial charge in [-0.25, -0.2) is 8.42 Å². The first-order chi connectivity index (χ1) is 8.74. The molecule has 0 amide bonds. The molecule has 1 rings (SSSR count). The Labute approximate surface area is 128 Å². The molecule has 1 aromatic carbocycles. The zero-order chi connectivity index (χ0) is 14.5. The van der Waals surface area contributed by atoms with E-state index in [0.29, 0.717) is 19.6 Å². The van der Waals surface area contributed by atoms with Gasteiger partial charge in [-0.05, 0) is 11.0 Å². The van der Waals surface area contributed by atoms with Crippen molar-refractivity contribution in [2.45, 2.75) is 27.3 Å². The summed E-state index contributed by atoms with van der Waals surface area (Å²) in [6.45, 7) is 6.84. The van der Waals surface area contributed by atoms with Crippen molar-refractivity contribution in [1.29, 1.82) is 0 Å². The number of benzene rings is 1.